The highest BCUT2D eigenvalue weighted by molar-refractivity contribution is 6.32. The molecule has 0 radical (unpaired) electrons. The lowest BCUT2D eigenvalue weighted by molar-refractivity contribution is 0.0696. The van der Waals surface area contributed by atoms with Gasteiger partial charge < -0.3 is 9.84 Å². The van der Waals surface area contributed by atoms with Gasteiger partial charge in [0, 0.05) is 0 Å². The zero-order valence-corrected chi connectivity index (χ0v) is 12.0. The standard InChI is InChI=1S/C16H12ClNO3/c1-10-2-3-15(14(17)4-10)21-9-12-5-11(8-18)6-13(7-12)16(19)20/h2-7H,9H2,1H3,(H,19,20). The topological polar surface area (TPSA) is 70.3 Å². The van der Waals surface area contributed by atoms with Crippen LogP contribution in [0, 0.1) is 18.3 Å². The second-order valence-corrected chi connectivity index (χ2v) is 4.97. The number of carboxylic acid groups (broad SMARTS) is 1. The van der Waals surface area contributed by atoms with Crippen molar-refractivity contribution < 1.29 is 14.6 Å². The molecule has 0 unspecified atom stereocenters. The van der Waals surface area contributed by atoms with Crippen molar-refractivity contribution in [3.8, 4) is 11.8 Å². The molecule has 1 N–H and O–H groups in total. The SMILES string of the molecule is Cc1ccc(OCc2cc(C#N)cc(C(=O)O)c2)c(Cl)c1. The first-order chi connectivity index (χ1) is 9.99. The van der Waals surface area contributed by atoms with Crippen molar-refractivity contribution in [3.05, 3.63) is 63.7 Å². The second kappa shape index (κ2) is 6.29. The van der Waals surface area contributed by atoms with Crippen LogP contribution in [0.25, 0.3) is 0 Å². The van der Waals surface area contributed by atoms with Crippen LogP contribution in [0.5, 0.6) is 5.75 Å². The molecule has 21 heavy (non-hydrogen) atoms. The highest BCUT2D eigenvalue weighted by atomic mass is 35.5. The molecule has 0 aromatic heterocycles. The maximum absolute atomic E-state index is 11.0. The summed E-state index contributed by atoms with van der Waals surface area (Å²) in [5.41, 5.74) is 1.96. The maximum atomic E-state index is 11.0. The summed E-state index contributed by atoms with van der Waals surface area (Å²) in [6.45, 7) is 2.06. The average molecular weight is 302 g/mol. The molecule has 0 aliphatic carbocycles. The molecule has 0 saturated heterocycles. The number of benzene rings is 2. The van der Waals surface area contributed by atoms with Crippen molar-refractivity contribution in [1.82, 2.24) is 0 Å². The van der Waals surface area contributed by atoms with Crippen molar-refractivity contribution in [2.24, 2.45) is 0 Å². The molecule has 4 nitrogen and oxygen atoms in total. The molecular formula is C16H12ClNO3. The van der Waals surface area contributed by atoms with Crippen LogP contribution in [0.3, 0.4) is 0 Å². The first-order valence-electron chi connectivity index (χ1n) is 6.16. The lowest BCUT2D eigenvalue weighted by Crippen LogP contribution is -2.02. The molecule has 0 fully saturated rings. The lowest BCUT2D eigenvalue weighted by atomic mass is 10.1. The van der Waals surface area contributed by atoms with Gasteiger partial charge in [0.25, 0.3) is 0 Å². The number of nitrogens with zero attached hydrogens (tertiary/aromatic N) is 1. The van der Waals surface area contributed by atoms with E-state index >= 15 is 0 Å². The normalized spacial score (nSPS) is 9.95. The van der Waals surface area contributed by atoms with E-state index in [1.165, 1.54) is 12.1 Å². The molecule has 0 heterocycles. The molecular weight excluding hydrogens is 290 g/mol. The van der Waals surface area contributed by atoms with Gasteiger partial charge in [-0.15, -0.1) is 0 Å². The van der Waals surface area contributed by atoms with Gasteiger partial charge in [-0.1, -0.05) is 17.7 Å². The number of hydrogen-bond donors (Lipinski definition) is 1. The van der Waals surface area contributed by atoms with E-state index in [-0.39, 0.29) is 17.7 Å². The fraction of sp³-hybridized carbons (Fsp3) is 0.125. The molecule has 0 atom stereocenters. The third-order valence-electron chi connectivity index (χ3n) is 2.85. The number of carbonyl (C=O) groups is 1. The Labute approximate surface area is 127 Å². The number of aromatic carboxylic acids is 1. The minimum atomic E-state index is -1.08. The second-order valence-electron chi connectivity index (χ2n) is 4.56. The Hall–Kier alpha value is -2.51. The zero-order valence-electron chi connectivity index (χ0n) is 11.3. The number of rotatable bonds is 4. The monoisotopic (exact) mass is 301 g/mol. The fourth-order valence-corrected chi connectivity index (χ4v) is 2.14. The highest BCUT2D eigenvalue weighted by Gasteiger charge is 2.08. The molecule has 0 amide bonds. The molecule has 2 aromatic rings. The van der Waals surface area contributed by atoms with Crippen molar-refractivity contribution in [1.29, 1.82) is 5.26 Å². The van der Waals surface area contributed by atoms with E-state index in [2.05, 4.69) is 0 Å². The quantitative estimate of drug-likeness (QED) is 0.932. The fourth-order valence-electron chi connectivity index (χ4n) is 1.85. The summed E-state index contributed by atoms with van der Waals surface area (Å²) in [6.07, 6.45) is 0. The smallest absolute Gasteiger partial charge is 0.335 e. The molecule has 0 saturated carbocycles. The number of aryl methyl sites for hydroxylation is 1. The van der Waals surface area contributed by atoms with Crippen LogP contribution in [-0.4, -0.2) is 11.1 Å². The number of ether oxygens (including phenoxy) is 1. The van der Waals surface area contributed by atoms with Gasteiger partial charge in [-0.05, 0) is 48.4 Å². The minimum absolute atomic E-state index is 0.0580. The average Bonchev–Trinajstić information content (AvgIpc) is 2.46. The summed E-state index contributed by atoms with van der Waals surface area (Å²) in [4.78, 5) is 11.0. The first kappa shape index (κ1) is 14.9. The predicted molar refractivity (Wildman–Crippen MR) is 78.6 cm³/mol. The van der Waals surface area contributed by atoms with Gasteiger partial charge in [0.15, 0.2) is 0 Å². The number of carboxylic acids is 1. The van der Waals surface area contributed by atoms with Gasteiger partial charge in [-0.25, -0.2) is 4.79 Å². The summed E-state index contributed by atoms with van der Waals surface area (Å²) < 4.78 is 5.58. The Balaban J connectivity index is 2.21. The lowest BCUT2D eigenvalue weighted by Gasteiger charge is -2.09. The van der Waals surface area contributed by atoms with Crippen LogP contribution in [0.1, 0.15) is 27.0 Å². The van der Waals surface area contributed by atoms with E-state index in [1.54, 1.807) is 18.2 Å². The Morgan fingerprint density at radius 2 is 2.10 bits per heavy atom. The van der Waals surface area contributed by atoms with Gasteiger partial charge in [-0.3, -0.25) is 0 Å². The Morgan fingerprint density at radius 3 is 2.71 bits per heavy atom. The van der Waals surface area contributed by atoms with E-state index < -0.39 is 5.97 Å². The van der Waals surface area contributed by atoms with Crippen LogP contribution in [0.4, 0.5) is 0 Å². The molecule has 106 valence electrons. The van der Waals surface area contributed by atoms with Gasteiger partial charge in [-0.2, -0.15) is 5.26 Å². The van der Waals surface area contributed by atoms with Crippen LogP contribution in [0.15, 0.2) is 36.4 Å². The van der Waals surface area contributed by atoms with E-state index in [0.29, 0.717) is 16.3 Å². The molecule has 2 aromatic carbocycles. The summed E-state index contributed by atoms with van der Waals surface area (Å²) in [7, 11) is 0. The van der Waals surface area contributed by atoms with E-state index in [4.69, 9.17) is 26.7 Å². The highest BCUT2D eigenvalue weighted by Crippen LogP contribution is 2.26. The van der Waals surface area contributed by atoms with Crippen molar-refractivity contribution in [2.45, 2.75) is 13.5 Å². The Bertz CT molecular complexity index is 735. The Kier molecular flexibility index (Phi) is 4.46. The summed E-state index contributed by atoms with van der Waals surface area (Å²) in [6, 6.07) is 11.7. The van der Waals surface area contributed by atoms with Crippen molar-refractivity contribution in [2.75, 3.05) is 0 Å². The van der Waals surface area contributed by atoms with Crippen LogP contribution in [0.2, 0.25) is 5.02 Å². The van der Waals surface area contributed by atoms with E-state index in [1.807, 2.05) is 19.1 Å². The molecule has 0 spiro atoms. The number of nitriles is 1. The van der Waals surface area contributed by atoms with E-state index in [0.717, 1.165) is 5.56 Å². The largest absolute Gasteiger partial charge is 0.487 e. The number of halogens is 1. The minimum Gasteiger partial charge on any atom is -0.487 e. The molecule has 0 bridgehead atoms. The molecule has 5 heteroatoms. The van der Waals surface area contributed by atoms with Gasteiger partial charge >= 0.3 is 5.97 Å². The first-order valence-corrected chi connectivity index (χ1v) is 6.53. The van der Waals surface area contributed by atoms with Crippen molar-refractivity contribution >= 4 is 17.6 Å². The molecule has 0 aliphatic rings. The van der Waals surface area contributed by atoms with E-state index in [9.17, 15) is 4.79 Å². The number of hydrogen-bond acceptors (Lipinski definition) is 3. The van der Waals surface area contributed by atoms with Gasteiger partial charge in [0.2, 0.25) is 0 Å². The third-order valence-corrected chi connectivity index (χ3v) is 3.15. The third kappa shape index (κ3) is 3.74. The summed E-state index contributed by atoms with van der Waals surface area (Å²) in [5, 5.41) is 18.4. The van der Waals surface area contributed by atoms with Gasteiger partial charge in [0.05, 0.1) is 22.2 Å². The van der Waals surface area contributed by atoms with Crippen LogP contribution in [-0.2, 0) is 6.61 Å². The molecule has 0 aliphatic heterocycles. The van der Waals surface area contributed by atoms with Crippen molar-refractivity contribution in [3.63, 3.8) is 0 Å². The maximum Gasteiger partial charge on any atom is 0.335 e. The molecule has 2 rings (SSSR count). The zero-order chi connectivity index (χ0) is 15.4. The van der Waals surface area contributed by atoms with Crippen LogP contribution >= 0.6 is 11.6 Å². The van der Waals surface area contributed by atoms with Crippen LogP contribution < -0.4 is 4.74 Å². The summed E-state index contributed by atoms with van der Waals surface area (Å²) >= 11 is 6.06. The predicted octanol–water partition coefficient (Wildman–Crippen LogP) is 3.80. The Morgan fingerprint density at radius 1 is 1.33 bits per heavy atom. The summed E-state index contributed by atoms with van der Waals surface area (Å²) in [5.74, 6) is -0.566. The van der Waals surface area contributed by atoms with Gasteiger partial charge in [0.1, 0.15) is 12.4 Å².